The first-order valence-corrected chi connectivity index (χ1v) is 8.18. The maximum Gasteiger partial charge on any atom is 0.243 e. The molecule has 1 heterocycles. The van der Waals surface area contributed by atoms with Gasteiger partial charge >= 0.3 is 0 Å². The van der Waals surface area contributed by atoms with Crippen LogP contribution in [0.3, 0.4) is 0 Å². The van der Waals surface area contributed by atoms with Gasteiger partial charge in [0.2, 0.25) is 10.0 Å². The molecule has 1 aromatic carbocycles. The Morgan fingerprint density at radius 1 is 1.47 bits per heavy atom. The molecule has 19 heavy (non-hydrogen) atoms. The van der Waals surface area contributed by atoms with E-state index in [1.165, 1.54) is 6.07 Å². The fraction of sp³-hybridized carbons (Fsp3) is 0.538. The summed E-state index contributed by atoms with van der Waals surface area (Å²) >= 11 is 5.91. The van der Waals surface area contributed by atoms with E-state index in [0.717, 1.165) is 18.5 Å². The molecule has 6 heteroatoms. The number of aryl methyl sites for hydroxylation is 1. The number of hydrogen-bond donors (Lipinski definition) is 1. The van der Waals surface area contributed by atoms with Crippen LogP contribution in [-0.2, 0) is 10.0 Å². The van der Waals surface area contributed by atoms with E-state index < -0.39 is 10.0 Å². The topological polar surface area (TPSA) is 49.4 Å². The molecule has 0 unspecified atom stereocenters. The fourth-order valence-corrected chi connectivity index (χ4v) is 4.48. The van der Waals surface area contributed by atoms with E-state index in [1.54, 1.807) is 23.4 Å². The summed E-state index contributed by atoms with van der Waals surface area (Å²) in [5, 5.41) is 3.55. The van der Waals surface area contributed by atoms with Crippen molar-refractivity contribution in [1.29, 1.82) is 0 Å². The third-order valence-electron chi connectivity index (χ3n) is 3.51. The molecule has 0 aliphatic carbocycles. The highest BCUT2D eigenvalue weighted by Crippen LogP contribution is 2.27. The van der Waals surface area contributed by atoms with Crippen LogP contribution in [0.2, 0.25) is 5.02 Å². The quantitative estimate of drug-likeness (QED) is 0.924. The largest absolute Gasteiger partial charge is 0.319 e. The van der Waals surface area contributed by atoms with Crippen LogP contribution >= 0.6 is 11.6 Å². The van der Waals surface area contributed by atoms with Gasteiger partial charge < -0.3 is 5.32 Å². The molecule has 0 amide bonds. The highest BCUT2D eigenvalue weighted by atomic mass is 35.5. The van der Waals surface area contributed by atoms with Crippen LogP contribution in [0.25, 0.3) is 0 Å². The fourth-order valence-electron chi connectivity index (χ4n) is 2.46. The van der Waals surface area contributed by atoms with Crippen molar-refractivity contribution < 1.29 is 8.42 Å². The lowest BCUT2D eigenvalue weighted by atomic mass is 10.1. The SMILES string of the molecule is CNC[C@@H]1CCN(S(=O)(=O)c2cc(Cl)ccc2C)C1. The Balaban J connectivity index is 2.26. The Labute approximate surface area is 119 Å². The second kappa shape index (κ2) is 5.79. The molecule has 1 aromatic rings. The van der Waals surface area contributed by atoms with Crippen LogP contribution in [0.5, 0.6) is 0 Å². The van der Waals surface area contributed by atoms with Gasteiger partial charge in [0.05, 0.1) is 4.90 Å². The number of halogens is 1. The number of nitrogens with zero attached hydrogens (tertiary/aromatic N) is 1. The van der Waals surface area contributed by atoms with Gasteiger partial charge in [0.1, 0.15) is 0 Å². The van der Waals surface area contributed by atoms with E-state index in [0.29, 0.717) is 28.9 Å². The standard InChI is InChI=1S/C13H19ClN2O2S/c1-10-3-4-12(14)7-13(10)19(17,18)16-6-5-11(9-16)8-15-2/h3-4,7,11,15H,5-6,8-9H2,1-2H3/t11-/m0/s1. The Hall–Kier alpha value is -0.620. The Morgan fingerprint density at radius 2 is 2.21 bits per heavy atom. The average Bonchev–Trinajstić information content (AvgIpc) is 2.82. The first-order valence-electron chi connectivity index (χ1n) is 6.36. The Kier molecular flexibility index (Phi) is 4.50. The third kappa shape index (κ3) is 3.11. The molecule has 0 spiro atoms. The van der Waals surface area contributed by atoms with Gasteiger partial charge in [0.15, 0.2) is 0 Å². The van der Waals surface area contributed by atoms with Gasteiger partial charge in [-0.05, 0) is 50.6 Å². The Morgan fingerprint density at radius 3 is 2.89 bits per heavy atom. The third-order valence-corrected chi connectivity index (χ3v) is 5.75. The second-order valence-corrected chi connectivity index (χ2v) is 7.33. The van der Waals surface area contributed by atoms with E-state index in [-0.39, 0.29) is 0 Å². The minimum Gasteiger partial charge on any atom is -0.319 e. The molecule has 1 fully saturated rings. The van der Waals surface area contributed by atoms with E-state index in [1.807, 2.05) is 7.05 Å². The van der Waals surface area contributed by atoms with Crippen molar-refractivity contribution in [2.24, 2.45) is 5.92 Å². The van der Waals surface area contributed by atoms with Crippen molar-refractivity contribution in [2.45, 2.75) is 18.2 Å². The van der Waals surface area contributed by atoms with Crippen LogP contribution in [0.4, 0.5) is 0 Å². The first-order chi connectivity index (χ1) is 8.95. The van der Waals surface area contributed by atoms with Crippen LogP contribution in [0.1, 0.15) is 12.0 Å². The summed E-state index contributed by atoms with van der Waals surface area (Å²) in [7, 11) is -1.53. The lowest BCUT2D eigenvalue weighted by molar-refractivity contribution is 0.451. The maximum absolute atomic E-state index is 12.6. The Bertz CT molecular complexity index is 560. The monoisotopic (exact) mass is 302 g/mol. The predicted octanol–water partition coefficient (Wildman–Crippen LogP) is 1.88. The molecule has 0 aromatic heterocycles. The maximum atomic E-state index is 12.6. The van der Waals surface area contributed by atoms with Gasteiger partial charge in [-0.2, -0.15) is 4.31 Å². The zero-order valence-corrected chi connectivity index (χ0v) is 12.8. The van der Waals surface area contributed by atoms with Crippen molar-refractivity contribution in [1.82, 2.24) is 9.62 Å². The zero-order chi connectivity index (χ0) is 14.0. The average molecular weight is 303 g/mol. The van der Waals surface area contributed by atoms with E-state index in [9.17, 15) is 8.42 Å². The lowest BCUT2D eigenvalue weighted by Crippen LogP contribution is -2.30. The van der Waals surface area contributed by atoms with Gasteiger partial charge in [-0.15, -0.1) is 0 Å². The molecule has 1 aliphatic heterocycles. The van der Waals surface area contributed by atoms with Crippen molar-refractivity contribution >= 4 is 21.6 Å². The normalized spacial score (nSPS) is 20.9. The van der Waals surface area contributed by atoms with Gasteiger partial charge in [-0.1, -0.05) is 17.7 Å². The van der Waals surface area contributed by atoms with Crippen molar-refractivity contribution in [3.05, 3.63) is 28.8 Å². The van der Waals surface area contributed by atoms with Crippen molar-refractivity contribution in [3.8, 4) is 0 Å². The summed E-state index contributed by atoms with van der Waals surface area (Å²) in [6, 6.07) is 5.00. The summed E-state index contributed by atoms with van der Waals surface area (Å²) in [4.78, 5) is 0.324. The second-order valence-electron chi connectivity index (χ2n) is 4.99. The molecular weight excluding hydrogens is 284 g/mol. The molecule has 0 radical (unpaired) electrons. The molecule has 106 valence electrons. The molecule has 1 N–H and O–H groups in total. The van der Waals surface area contributed by atoms with Crippen LogP contribution < -0.4 is 5.32 Å². The van der Waals surface area contributed by atoms with E-state index in [4.69, 9.17) is 11.6 Å². The van der Waals surface area contributed by atoms with Gasteiger partial charge in [-0.25, -0.2) is 8.42 Å². The van der Waals surface area contributed by atoms with Gasteiger partial charge in [0.25, 0.3) is 0 Å². The minimum absolute atomic E-state index is 0.324. The van der Waals surface area contributed by atoms with Crippen molar-refractivity contribution in [2.75, 3.05) is 26.7 Å². The van der Waals surface area contributed by atoms with Crippen LogP contribution in [0.15, 0.2) is 23.1 Å². The molecule has 2 rings (SSSR count). The van der Waals surface area contributed by atoms with Gasteiger partial charge in [-0.3, -0.25) is 0 Å². The molecular formula is C13H19ClN2O2S. The molecule has 0 bridgehead atoms. The summed E-state index contributed by atoms with van der Waals surface area (Å²) in [6.45, 7) is 3.81. The smallest absolute Gasteiger partial charge is 0.243 e. The molecule has 1 aliphatic rings. The van der Waals surface area contributed by atoms with Crippen LogP contribution in [0, 0.1) is 12.8 Å². The lowest BCUT2D eigenvalue weighted by Gasteiger charge is -2.18. The summed E-state index contributed by atoms with van der Waals surface area (Å²) in [5.74, 6) is 0.388. The molecule has 0 saturated carbocycles. The minimum atomic E-state index is -3.42. The molecule has 1 saturated heterocycles. The van der Waals surface area contributed by atoms with E-state index >= 15 is 0 Å². The highest BCUT2D eigenvalue weighted by Gasteiger charge is 2.33. The number of hydrogen-bond acceptors (Lipinski definition) is 3. The highest BCUT2D eigenvalue weighted by molar-refractivity contribution is 7.89. The number of rotatable bonds is 4. The summed E-state index contributed by atoms with van der Waals surface area (Å²) in [6.07, 6.45) is 0.902. The predicted molar refractivity (Wildman–Crippen MR) is 77.0 cm³/mol. The van der Waals surface area contributed by atoms with Crippen LogP contribution in [-0.4, -0.2) is 39.4 Å². The molecule has 1 atom stereocenters. The van der Waals surface area contributed by atoms with Gasteiger partial charge in [0, 0.05) is 18.1 Å². The summed E-state index contributed by atoms with van der Waals surface area (Å²) < 4.78 is 26.8. The molecule has 4 nitrogen and oxygen atoms in total. The first kappa shape index (κ1) is 14.8. The summed E-state index contributed by atoms with van der Waals surface area (Å²) in [5.41, 5.74) is 0.737. The zero-order valence-electron chi connectivity index (χ0n) is 11.2. The van der Waals surface area contributed by atoms with E-state index in [2.05, 4.69) is 5.32 Å². The number of nitrogens with one attached hydrogen (secondary N) is 1. The number of benzene rings is 1. The van der Waals surface area contributed by atoms with Crippen molar-refractivity contribution in [3.63, 3.8) is 0 Å². The number of sulfonamides is 1.